The number of hydrogen-bond acceptors (Lipinski definition) is 3. The Bertz CT molecular complexity index is 897. The van der Waals surface area contributed by atoms with E-state index < -0.39 is 4.92 Å². The van der Waals surface area contributed by atoms with E-state index in [1.54, 1.807) is 18.2 Å². The van der Waals surface area contributed by atoms with Gasteiger partial charge in [-0.15, -0.1) is 0 Å². The zero-order chi connectivity index (χ0) is 19.1. The summed E-state index contributed by atoms with van der Waals surface area (Å²) in [6.45, 7) is 0. The summed E-state index contributed by atoms with van der Waals surface area (Å²) in [6, 6.07) is 25.3. The van der Waals surface area contributed by atoms with Gasteiger partial charge in [-0.05, 0) is 34.9 Å². The van der Waals surface area contributed by atoms with Crippen LogP contribution in [-0.4, -0.2) is 10.8 Å². The Morgan fingerprint density at radius 1 is 0.852 bits per heavy atom. The first-order valence-electron chi connectivity index (χ1n) is 8.46. The van der Waals surface area contributed by atoms with Crippen LogP contribution in [0.2, 0.25) is 0 Å². The van der Waals surface area contributed by atoms with Crippen molar-refractivity contribution in [1.82, 2.24) is 5.32 Å². The van der Waals surface area contributed by atoms with E-state index in [1.165, 1.54) is 18.2 Å². The minimum absolute atomic E-state index is 0.0184. The highest BCUT2D eigenvalue weighted by atomic mass is 16.6. The highest BCUT2D eigenvalue weighted by molar-refractivity contribution is 5.92. The van der Waals surface area contributed by atoms with Crippen molar-refractivity contribution in [2.45, 2.75) is 6.04 Å². The van der Waals surface area contributed by atoms with Crippen LogP contribution in [-0.2, 0) is 4.79 Å². The van der Waals surface area contributed by atoms with Crippen LogP contribution in [0.4, 0.5) is 5.69 Å². The lowest BCUT2D eigenvalue weighted by Crippen LogP contribution is -2.27. The van der Waals surface area contributed by atoms with Crippen LogP contribution in [0.3, 0.4) is 0 Å². The van der Waals surface area contributed by atoms with Crippen molar-refractivity contribution in [3.8, 4) is 0 Å². The van der Waals surface area contributed by atoms with E-state index in [0.717, 1.165) is 11.1 Å². The molecule has 0 aliphatic carbocycles. The second kappa shape index (κ2) is 8.58. The van der Waals surface area contributed by atoms with Gasteiger partial charge < -0.3 is 5.32 Å². The lowest BCUT2D eigenvalue weighted by molar-refractivity contribution is -0.384. The molecule has 0 aromatic heterocycles. The number of hydrogen-bond donors (Lipinski definition) is 1. The first-order valence-corrected chi connectivity index (χ1v) is 8.46. The van der Waals surface area contributed by atoms with Crippen molar-refractivity contribution in [3.05, 3.63) is 118 Å². The number of carbonyl (C=O) groups is 1. The predicted octanol–water partition coefficient (Wildman–Crippen LogP) is 4.51. The van der Waals surface area contributed by atoms with Crippen LogP contribution < -0.4 is 5.32 Å². The number of nitrogens with one attached hydrogen (secondary N) is 1. The average molecular weight is 358 g/mol. The topological polar surface area (TPSA) is 72.2 Å². The fourth-order valence-electron chi connectivity index (χ4n) is 2.72. The second-order valence-corrected chi connectivity index (χ2v) is 5.94. The molecule has 1 amide bonds. The van der Waals surface area contributed by atoms with Crippen molar-refractivity contribution in [2.24, 2.45) is 0 Å². The van der Waals surface area contributed by atoms with Crippen molar-refractivity contribution in [2.75, 3.05) is 0 Å². The summed E-state index contributed by atoms with van der Waals surface area (Å²) < 4.78 is 0. The highest BCUT2D eigenvalue weighted by Crippen LogP contribution is 2.21. The molecule has 0 saturated heterocycles. The maximum absolute atomic E-state index is 12.4. The lowest BCUT2D eigenvalue weighted by Gasteiger charge is -2.19. The van der Waals surface area contributed by atoms with Gasteiger partial charge in [0, 0.05) is 18.2 Å². The SMILES string of the molecule is O=C(/C=C/c1ccc([N+](=O)[O-])cc1)NC(c1ccccc1)c1ccccc1. The molecule has 0 atom stereocenters. The molecular weight excluding hydrogens is 340 g/mol. The Morgan fingerprint density at radius 2 is 1.37 bits per heavy atom. The van der Waals surface area contributed by atoms with Gasteiger partial charge in [-0.2, -0.15) is 0 Å². The minimum atomic E-state index is -0.454. The molecule has 0 aliphatic rings. The fourth-order valence-corrected chi connectivity index (χ4v) is 2.72. The molecule has 27 heavy (non-hydrogen) atoms. The largest absolute Gasteiger partial charge is 0.342 e. The van der Waals surface area contributed by atoms with Gasteiger partial charge >= 0.3 is 0 Å². The lowest BCUT2D eigenvalue weighted by atomic mass is 9.98. The Labute approximate surface area is 157 Å². The van der Waals surface area contributed by atoms with Gasteiger partial charge in [-0.25, -0.2) is 0 Å². The van der Waals surface area contributed by atoms with Gasteiger partial charge in [0.15, 0.2) is 0 Å². The maximum Gasteiger partial charge on any atom is 0.269 e. The van der Waals surface area contributed by atoms with Gasteiger partial charge in [-0.3, -0.25) is 14.9 Å². The molecule has 0 saturated carbocycles. The molecule has 1 N–H and O–H groups in total. The number of nitrogens with zero attached hydrogens (tertiary/aromatic N) is 1. The van der Waals surface area contributed by atoms with Crippen molar-refractivity contribution in [1.29, 1.82) is 0 Å². The summed E-state index contributed by atoms with van der Waals surface area (Å²) in [6.07, 6.45) is 3.06. The molecule has 5 heteroatoms. The molecule has 0 radical (unpaired) electrons. The van der Waals surface area contributed by atoms with E-state index >= 15 is 0 Å². The van der Waals surface area contributed by atoms with Gasteiger partial charge in [0.05, 0.1) is 11.0 Å². The smallest absolute Gasteiger partial charge is 0.269 e. The van der Waals surface area contributed by atoms with Crippen molar-refractivity contribution < 1.29 is 9.72 Å². The first kappa shape index (κ1) is 18.1. The normalized spacial score (nSPS) is 10.9. The number of nitro groups is 1. The summed E-state index contributed by atoms with van der Waals surface area (Å²) in [5.74, 6) is -0.244. The molecule has 0 heterocycles. The number of non-ortho nitro benzene ring substituents is 1. The van der Waals surface area contributed by atoms with E-state index in [9.17, 15) is 14.9 Å². The van der Waals surface area contributed by atoms with Crippen LogP contribution in [0, 0.1) is 10.1 Å². The van der Waals surface area contributed by atoms with Gasteiger partial charge in [0.1, 0.15) is 0 Å². The Balaban J connectivity index is 1.75. The Hall–Kier alpha value is -3.73. The van der Waals surface area contributed by atoms with Gasteiger partial charge in [-0.1, -0.05) is 60.7 Å². The number of rotatable bonds is 6. The second-order valence-electron chi connectivity index (χ2n) is 5.94. The minimum Gasteiger partial charge on any atom is -0.342 e. The Kier molecular flexibility index (Phi) is 5.74. The van der Waals surface area contributed by atoms with Crippen molar-refractivity contribution in [3.63, 3.8) is 0 Å². The van der Waals surface area contributed by atoms with Gasteiger partial charge in [0.2, 0.25) is 5.91 Å². The highest BCUT2D eigenvalue weighted by Gasteiger charge is 2.15. The van der Waals surface area contributed by atoms with E-state index in [0.29, 0.717) is 5.56 Å². The maximum atomic E-state index is 12.4. The molecule has 3 aromatic carbocycles. The third-order valence-corrected chi connectivity index (χ3v) is 4.08. The molecule has 0 fully saturated rings. The van der Waals surface area contributed by atoms with E-state index in [-0.39, 0.29) is 17.6 Å². The summed E-state index contributed by atoms with van der Waals surface area (Å²) in [4.78, 5) is 22.7. The molecule has 0 spiro atoms. The molecule has 134 valence electrons. The van der Waals surface area contributed by atoms with Crippen LogP contribution in [0.1, 0.15) is 22.7 Å². The molecule has 5 nitrogen and oxygen atoms in total. The van der Waals surface area contributed by atoms with Crippen LogP contribution in [0.15, 0.2) is 91.0 Å². The zero-order valence-electron chi connectivity index (χ0n) is 14.5. The summed E-state index contributed by atoms with van der Waals surface area (Å²) in [5, 5.41) is 13.7. The van der Waals surface area contributed by atoms with E-state index in [1.807, 2.05) is 60.7 Å². The van der Waals surface area contributed by atoms with E-state index in [4.69, 9.17) is 0 Å². The van der Waals surface area contributed by atoms with E-state index in [2.05, 4.69) is 5.32 Å². The fraction of sp³-hybridized carbons (Fsp3) is 0.0455. The monoisotopic (exact) mass is 358 g/mol. The average Bonchev–Trinajstić information content (AvgIpc) is 2.72. The first-order chi connectivity index (χ1) is 13.1. The van der Waals surface area contributed by atoms with Crippen LogP contribution in [0.5, 0.6) is 0 Å². The third kappa shape index (κ3) is 4.89. The molecule has 3 aromatic rings. The van der Waals surface area contributed by atoms with Gasteiger partial charge in [0.25, 0.3) is 5.69 Å². The van der Waals surface area contributed by atoms with Crippen molar-refractivity contribution >= 4 is 17.7 Å². The summed E-state index contributed by atoms with van der Waals surface area (Å²) in [5.41, 5.74) is 2.71. The van der Waals surface area contributed by atoms with Crippen LogP contribution in [0.25, 0.3) is 6.08 Å². The molecule has 0 aliphatic heterocycles. The number of nitro benzene ring substituents is 1. The molecule has 0 bridgehead atoms. The zero-order valence-corrected chi connectivity index (χ0v) is 14.5. The summed E-state index contributed by atoms with van der Waals surface area (Å²) in [7, 11) is 0. The quantitative estimate of drug-likeness (QED) is 0.400. The molecule has 0 unspecified atom stereocenters. The standard InChI is InChI=1S/C22H18N2O3/c25-21(16-13-17-11-14-20(15-12-17)24(26)27)23-22(18-7-3-1-4-8-18)19-9-5-2-6-10-19/h1-16,22H,(H,23,25)/b16-13+. The number of benzene rings is 3. The molecule has 3 rings (SSSR count). The number of amides is 1. The Morgan fingerprint density at radius 3 is 1.85 bits per heavy atom. The summed E-state index contributed by atoms with van der Waals surface area (Å²) >= 11 is 0. The van der Waals surface area contributed by atoms with Crippen LogP contribution >= 0.6 is 0 Å². The predicted molar refractivity (Wildman–Crippen MR) is 105 cm³/mol. The third-order valence-electron chi connectivity index (χ3n) is 4.08. The molecular formula is C22H18N2O3. The number of carbonyl (C=O) groups excluding carboxylic acids is 1.